The van der Waals surface area contributed by atoms with Gasteiger partial charge in [0.2, 0.25) is 5.91 Å². The fourth-order valence-electron chi connectivity index (χ4n) is 3.87. The van der Waals surface area contributed by atoms with Gasteiger partial charge in [0.15, 0.2) is 0 Å². The molecule has 154 valence electrons. The van der Waals surface area contributed by atoms with E-state index in [0.29, 0.717) is 6.54 Å². The minimum Gasteiger partial charge on any atom is -0.496 e. The Balaban J connectivity index is 1.38. The molecule has 2 heterocycles. The summed E-state index contributed by atoms with van der Waals surface area (Å²) in [6.45, 7) is 4.16. The molecule has 0 aliphatic carbocycles. The van der Waals surface area contributed by atoms with Crippen molar-refractivity contribution >= 4 is 5.91 Å². The number of amides is 1. The van der Waals surface area contributed by atoms with Crippen LogP contribution in [0.2, 0.25) is 0 Å². The predicted octanol–water partition coefficient (Wildman–Crippen LogP) is 4.04. The highest BCUT2D eigenvalue weighted by Crippen LogP contribution is 2.32. The number of methoxy groups -OCH3 is 1. The normalized spacial score (nSPS) is 18.5. The van der Waals surface area contributed by atoms with E-state index in [1.165, 1.54) is 5.56 Å². The molecule has 2 aromatic carbocycles. The average molecular weight is 402 g/mol. The summed E-state index contributed by atoms with van der Waals surface area (Å²) < 4.78 is 5.38. The number of likely N-dealkylation sites (tertiary alicyclic amines) is 1. The van der Waals surface area contributed by atoms with Crippen molar-refractivity contribution in [2.75, 3.05) is 13.7 Å². The van der Waals surface area contributed by atoms with Gasteiger partial charge >= 0.3 is 0 Å². The number of ether oxygens (including phenoxy) is 1. The molecule has 1 atom stereocenters. The predicted molar refractivity (Wildman–Crippen MR) is 118 cm³/mol. The van der Waals surface area contributed by atoms with Crippen molar-refractivity contribution in [2.45, 2.75) is 32.0 Å². The van der Waals surface area contributed by atoms with Crippen molar-refractivity contribution < 1.29 is 9.53 Å². The molecule has 4 rings (SSSR count). The molecule has 5 nitrogen and oxygen atoms in total. The average Bonchev–Trinajstić information content (AvgIpc) is 2.80. The highest BCUT2D eigenvalue weighted by atomic mass is 16.5. The standard InChI is InChI=1S/C25H27N3O2/c1-25(24(29)27-17-21-7-3-4-9-23(21)30-2)14-16-28(25)18-19-10-12-20(13-11-19)22-8-5-6-15-26-22/h3-13,15H,14,16-18H2,1-2H3,(H,27,29). The maximum atomic E-state index is 13.0. The lowest BCUT2D eigenvalue weighted by Gasteiger charge is -2.49. The molecule has 1 saturated heterocycles. The molecule has 1 unspecified atom stereocenters. The maximum absolute atomic E-state index is 13.0. The van der Waals surface area contributed by atoms with Crippen LogP contribution in [0.25, 0.3) is 11.3 Å². The van der Waals surface area contributed by atoms with Crippen LogP contribution in [0.4, 0.5) is 0 Å². The molecule has 0 spiro atoms. The molecule has 1 fully saturated rings. The molecule has 0 radical (unpaired) electrons. The topological polar surface area (TPSA) is 54.5 Å². The first-order valence-corrected chi connectivity index (χ1v) is 10.3. The molecular weight excluding hydrogens is 374 g/mol. The van der Waals surface area contributed by atoms with E-state index < -0.39 is 5.54 Å². The summed E-state index contributed by atoms with van der Waals surface area (Å²) in [5.41, 5.74) is 3.75. The van der Waals surface area contributed by atoms with Crippen molar-refractivity contribution in [3.63, 3.8) is 0 Å². The quantitative estimate of drug-likeness (QED) is 0.649. The Morgan fingerprint density at radius 2 is 1.87 bits per heavy atom. The molecule has 0 bridgehead atoms. The molecule has 1 aliphatic heterocycles. The fourth-order valence-corrected chi connectivity index (χ4v) is 3.87. The van der Waals surface area contributed by atoms with Gasteiger partial charge in [0.25, 0.3) is 0 Å². The first-order chi connectivity index (χ1) is 14.6. The van der Waals surface area contributed by atoms with Gasteiger partial charge in [0.05, 0.1) is 18.3 Å². The Morgan fingerprint density at radius 3 is 2.53 bits per heavy atom. The molecule has 1 amide bonds. The summed E-state index contributed by atoms with van der Waals surface area (Å²) >= 11 is 0. The third kappa shape index (κ3) is 4.07. The van der Waals surface area contributed by atoms with E-state index in [2.05, 4.69) is 39.5 Å². The Bertz CT molecular complexity index is 1000. The molecule has 1 N–H and O–H groups in total. The van der Waals surface area contributed by atoms with Crippen molar-refractivity contribution in [1.29, 1.82) is 0 Å². The molecule has 1 aromatic heterocycles. The van der Waals surface area contributed by atoms with E-state index in [1.54, 1.807) is 13.3 Å². The van der Waals surface area contributed by atoms with Crippen LogP contribution in [-0.2, 0) is 17.9 Å². The zero-order chi connectivity index (χ0) is 21.0. The van der Waals surface area contributed by atoms with Crippen molar-refractivity contribution in [1.82, 2.24) is 15.2 Å². The maximum Gasteiger partial charge on any atom is 0.240 e. The van der Waals surface area contributed by atoms with Crippen molar-refractivity contribution in [3.05, 3.63) is 84.1 Å². The fraction of sp³-hybridized carbons (Fsp3) is 0.280. The molecule has 1 aliphatic rings. The van der Waals surface area contributed by atoms with Gasteiger partial charge in [0, 0.05) is 37.0 Å². The number of aromatic nitrogens is 1. The van der Waals surface area contributed by atoms with Gasteiger partial charge in [0.1, 0.15) is 5.75 Å². The van der Waals surface area contributed by atoms with E-state index in [9.17, 15) is 4.79 Å². The van der Waals surface area contributed by atoms with Gasteiger partial charge in [-0.15, -0.1) is 0 Å². The van der Waals surface area contributed by atoms with Crippen LogP contribution in [-0.4, -0.2) is 35.0 Å². The van der Waals surface area contributed by atoms with Gasteiger partial charge in [-0.25, -0.2) is 0 Å². The number of para-hydroxylation sites is 1. The lowest BCUT2D eigenvalue weighted by Crippen LogP contribution is -2.65. The van der Waals surface area contributed by atoms with Crippen molar-refractivity contribution in [3.8, 4) is 17.0 Å². The minimum absolute atomic E-state index is 0.0600. The molecule has 30 heavy (non-hydrogen) atoms. The largest absolute Gasteiger partial charge is 0.496 e. The Labute approximate surface area is 177 Å². The van der Waals surface area contributed by atoms with Crippen molar-refractivity contribution in [2.24, 2.45) is 0 Å². The first-order valence-electron chi connectivity index (χ1n) is 10.3. The second kappa shape index (κ2) is 8.67. The number of pyridine rings is 1. The molecule has 5 heteroatoms. The van der Waals surface area contributed by atoms with Gasteiger partial charge in [-0.2, -0.15) is 0 Å². The Kier molecular flexibility index (Phi) is 5.81. The Hall–Kier alpha value is -3.18. The zero-order valence-corrected chi connectivity index (χ0v) is 17.5. The SMILES string of the molecule is COc1ccccc1CNC(=O)C1(C)CCN1Cc1ccc(-c2ccccn2)cc1. The number of nitrogens with zero attached hydrogens (tertiary/aromatic N) is 2. The van der Waals surface area contributed by atoms with Crippen LogP contribution in [0.5, 0.6) is 5.75 Å². The summed E-state index contributed by atoms with van der Waals surface area (Å²) in [5, 5.41) is 3.09. The molecule has 3 aromatic rings. The number of hydrogen-bond acceptors (Lipinski definition) is 4. The molecular formula is C25H27N3O2. The lowest BCUT2D eigenvalue weighted by molar-refractivity contribution is -0.142. The van der Waals surface area contributed by atoms with Gasteiger partial charge in [-0.05, 0) is 37.1 Å². The second-order valence-corrected chi connectivity index (χ2v) is 7.85. The van der Waals surface area contributed by atoms with E-state index in [1.807, 2.05) is 49.4 Å². The van der Waals surface area contributed by atoms with Gasteiger partial charge in [-0.3, -0.25) is 14.7 Å². The highest BCUT2D eigenvalue weighted by Gasteiger charge is 2.46. The summed E-state index contributed by atoms with van der Waals surface area (Å²) in [4.78, 5) is 19.6. The first kappa shape index (κ1) is 20.1. The third-order valence-corrected chi connectivity index (χ3v) is 5.98. The van der Waals surface area contributed by atoms with Gasteiger partial charge < -0.3 is 10.1 Å². The van der Waals surface area contributed by atoms with Crippen LogP contribution >= 0.6 is 0 Å². The molecule has 0 saturated carbocycles. The number of carbonyl (C=O) groups is 1. The van der Waals surface area contributed by atoms with E-state index in [0.717, 1.165) is 42.1 Å². The highest BCUT2D eigenvalue weighted by molar-refractivity contribution is 5.87. The lowest BCUT2D eigenvalue weighted by atomic mass is 9.85. The number of rotatable bonds is 7. The van der Waals surface area contributed by atoms with Gasteiger partial charge in [-0.1, -0.05) is 48.5 Å². The van der Waals surface area contributed by atoms with E-state index >= 15 is 0 Å². The number of nitrogens with one attached hydrogen (secondary N) is 1. The van der Waals surface area contributed by atoms with E-state index in [4.69, 9.17) is 4.74 Å². The number of hydrogen-bond donors (Lipinski definition) is 1. The summed E-state index contributed by atoms with van der Waals surface area (Å²) in [5.74, 6) is 0.853. The monoisotopic (exact) mass is 401 g/mol. The smallest absolute Gasteiger partial charge is 0.240 e. The second-order valence-electron chi connectivity index (χ2n) is 7.85. The number of carbonyl (C=O) groups excluding carboxylic acids is 1. The van der Waals surface area contributed by atoms with Crippen LogP contribution in [0.3, 0.4) is 0 Å². The van der Waals surface area contributed by atoms with Crippen LogP contribution in [0.15, 0.2) is 72.9 Å². The zero-order valence-electron chi connectivity index (χ0n) is 17.5. The summed E-state index contributed by atoms with van der Waals surface area (Å²) in [6.07, 6.45) is 2.66. The summed E-state index contributed by atoms with van der Waals surface area (Å²) in [7, 11) is 1.65. The minimum atomic E-state index is -0.484. The van der Waals surface area contributed by atoms with E-state index in [-0.39, 0.29) is 5.91 Å². The Morgan fingerprint density at radius 1 is 1.10 bits per heavy atom. The summed E-state index contributed by atoms with van der Waals surface area (Å²) in [6, 6.07) is 22.1. The van der Waals surface area contributed by atoms with Crippen LogP contribution in [0.1, 0.15) is 24.5 Å². The van der Waals surface area contributed by atoms with Crippen LogP contribution in [0, 0.1) is 0 Å². The van der Waals surface area contributed by atoms with Crippen LogP contribution < -0.4 is 10.1 Å². The third-order valence-electron chi connectivity index (χ3n) is 5.98. The number of benzene rings is 2.